The number of rotatable bonds is 2. The van der Waals surface area contributed by atoms with E-state index >= 15 is 0 Å². The molecule has 0 bridgehead atoms. The summed E-state index contributed by atoms with van der Waals surface area (Å²) in [6, 6.07) is 0. The predicted octanol–water partition coefficient (Wildman–Crippen LogP) is 0.590. The summed E-state index contributed by atoms with van der Waals surface area (Å²) in [5.74, 6) is 0.386. The van der Waals surface area contributed by atoms with E-state index < -0.39 is 0 Å². The number of amidine groups is 1. The van der Waals surface area contributed by atoms with Crippen LogP contribution in [0.5, 0.6) is 0 Å². The van der Waals surface area contributed by atoms with Gasteiger partial charge in [-0.3, -0.25) is 9.48 Å². The zero-order chi connectivity index (χ0) is 12.4. The largest absolute Gasteiger partial charge is 0.303 e. The number of thioether (sulfide) groups is 1. The van der Waals surface area contributed by atoms with Crippen LogP contribution in [-0.4, -0.2) is 32.8 Å². The van der Waals surface area contributed by atoms with E-state index in [1.54, 1.807) is 10.9 Å². The quantitative estimate of drug-likeness (QED) is 0.617. The van der Waals surface area contributed by atoms with Gasteiger partial charge in [0, 0.05) is 18.3 Å². The number of nitrogens with one attached hydrogen (secondary N) is 1. The lowest BCUT2D eigenvalue weighted by Gasteiger charge is -1.93. The summed E-state index contributed by atoms with van der Waals surface area (Å²) in [7, 11) is 1.89. The third-order valence-corrected chi connectivity index (χ3v) is 3.35. The van der Waals surface area contributed by atoms with Gasteiger partial charge < -0.3 is 5.32 Å². The Kier molecular flexibility index (Phi) is 3.28. The second-order valence-corrected chi connectivity index (χ2v) is 4.66. The number of nitrogens with zero attached hydrogens (tertiary/aromatic N) is 4. The first-order valence-corrected chi connectivity index (χ1v) is 6.10. The Hall–Kier alpha value is -1.63. The van der Waals surface area contributed by atoms with Crippen LogP contribution in [0.25, 0.3) is 0 Å². The molecule has 0 spiro atoms. The Morgan fingerprint density at radius 3 is 2.82 bits per heavy atom. The van der Waals surface area contributed by atoms with E-state index in [-0.39, 0.29) is 5.91 Å². The molecule has 6 nitrogen and oxygen atoms in total. The molecule has 1 saturated heterocycles. The van der Waals surface area contributed by atoms with Crippen LogP contribution < -0.4 is 5.32 Å². The maximum absolute atomic E-state index is 10.9. The molecule has 17 heavy (non-hydrogen) atoms. The summed E-state index contributed by atoms with van der Waals surface area (Å²) >= 11 is 1.35. The molecule has 2 heterocycles. The summed E-state index contributed by atoms with van der Waals surface area (Å²) < 4.78 is 1.80. The Labute approximate surface area is 103 Å². The van der Waals surface area contributed by atoms with E-state index in [1.165, 1.54) is 11.8 Å². The van der Waals surface area contributed by atoms with Gasteiger partial charge in [-0.1, -0.05) is 11.8 Å². The van der Waals surface area contributed by atoms with Crippen LogP contribution in [0.4, 0.5) is 0 Å². The van der Waals surface area contributed by atoms with Gasteiger partial charge >= 0.3 is 0 Å². The van der Waals surface area contributed by atoms with Crippen molar-refractivity contribution in [2.75, 3.05) is 5.75 Å². The molecule has 0 aliphatic carbocycles. The summed E-state index contributed by atoms with van der Waals surface area (Å²) in [4.78, 5) is 10.9. The molecular formula is C10H13N5OS. The molecule has 0 aromatic carbocycles. The van der Waals surface area contributed by atoms with Gasteiger partial charge in [0.2, 0.25) is 5.91 Å². The molecule has 1 fully saturated rings. The van der Waals surface area contributed by atoms with E-state index in [1.807, 2.05) is 20.9 Å². The molecule has 7 heteroatoms. The minimum absolute atomic E-state index is 0.0299. The fourth-order valence-corrected chi connectivity index (χ4v) is 2.13. The van der Waals surface area contributed by atoms with Gasteiger partial charge in [-0.15, -0.1) is 5.10 Å². The number of amides is 1. The zero-order valence-corrected chi connectivity index (χ0v) is 10.7. The van der Waals surface area contributed by atoms with Gasteiger partial charge in [-0.25, -0.2) is 0 Å². The van der Waals surface area contributed by atoms with Crippen molar-refractivity contribution in [3.05, 3.63) is 17.0 Å². The Bertz CT molecular complexity index is 517. The SMILES string of the molecule is Cc1nn(C)c(C)c1/C=N/N=C1\NC(=O)CS1. The van der Waals surface area contributed by atoms with E-state index in [9.17, 15) is 4.79 Å². The fourth-order valence-electron chi connectivity index (χ4n) is 1.50. The third kappa shape index (κ3) is 2.55. The van der Waals surface area contributed by atoms with Gasteiger partial charge in [0.15, 0.2) is 5.17 Å². The number of aryl methyl sites for hydroxylation is 2. The normalized spacial score (nSPS) is 18.3. The molecule has 1 aromatic heterocycles. The van der Waals surface area contributed by atoms with Crippen LogP contribution >= 0.6 is 11.8 Å². The third-order valence-electron chi connectivity index (χ3n) is 2.49. The highest BCUT2D eigenvalue weighted by molar-refractivity contribution is 8.15. The van der Waals surface area contributed by atoms with Gasteiger partial charge in [0.05, 0.1) is 17.7 Å². The number of hydrogen-bond acceptors (Lipinski definition) is 5. The first-order valence-electron chi connectivity index (χ1n) is 5.12. The number of aromatic nitrogens is 2. The molecule has 1 aliphatic rings. The topological polar surface area (TPSA) is 71.6 Å². The molecule has 1 aliphatic heterocycles. The first-order chi connectivity index (χ1) is 8.08. The van der Waals surface area contributed by atoms with E-state index in [2.05, 4.69) is 20.6 Å². The molecule has 1 N–H and O–H groups in total. The van der Waals surface area contributed by atoms with Crippen molar-refractivity contribution in [3.63, 3.8) is 0 Å². The monoisotopic (exact) mass is 251 g/mol. The molecule has 0 unspecified atom stereocenters. The highest BCUT2D eigenvalue weighted by Gasteiger charge is 2.16. The lowest BCUT2D eigenvalue weighted by molar-refractivity contribution is -0.116. The standard InChI is InChI=1S/C10H13N5OS/c1-6-8(7(2)15(3)14-6)4-11-13-10-12-9(16)5-17-10/h4H,5H2,1-3H3,(H,12,13,16)/b11-4+. The van der Waals surface area contributed by atoms with Crippen molar-refractivity contribution in [3.8, 4) is 0 Å². The summed E-state index contributed by atoms with van der Waals surface area (Å²) in [6.07, 6.45) is 1.66. The summed E-state index contributed by atoms with van der Waals surface area (Å²) in [6.45, 7) is 3.90. The van der Waals surface area contributed by atoms with Gasteiger partial charge in [0.1, 0.15) is 0 Å². The van der Waals surface area contributed by atoms with Crippen LogP contribution in [0, 0.1) is 13.8 Å². The minimum Gasteiger partial charge on any atom is -0.303 e. The average Bonchev–Trinajstić information content (AvgIpc) is 2.78. The second kappa shape index (κ2) is 4.70. The molecule has 90 valence electrons. The molecule has 2 rings (SSSR count). The lowest BCUT2D eigenvalue weighted by atomic mass is 10.2. The van der Waals surface area contributed by atoms with Crippen molar-refractivity contribution in [1.29, 1.82) is 0 Å². The molecule has 0 radical (unpaired) electrons. The van der Waals surface area contributed by atoms with Crippen LogP contribution in [0.15, 0.2) is 10.2 Å². The van der Waals surface area contributed by atoms with Gasteiger partial charge in [-0.2, -0.15) is 10.2 Å². The minimum atomic E-state index is -0.0299. The number of carbonyl (C=O) groups is 1. The molecule has 1 aromatic rings. The maximum atomic E-state index is 10.9. The van der Waals surface area contributed by atoms with Crippen molar-refractivity contribution >= 4 is 29.1 Å². The molecule has 0 saturated carbocycles. The summed E-state index contributed by atoms with van der Waals surface area (Å²) in [5, 5.41) is 15.3. The highest BCUT2D eigenvalue weighted by Crippen LogP contribution is 2.10. The molecule has 1 amide bonds. The van der Waals surface area contributed by atoms with E-state index in [4.69, 9.17) is 0 Å². The zero-order valence-electron chi connectivity index (χ0n) is 9.89. The summed E-state index contributed by atoms with van der Waals surface area (Å²) in [5.41, 5.74) is 2.91. The lowest BCUT2D eigenvalue weighted by Crippen LogP contribution is -2.19. The van der Waals surface area contributed by atoms with Crippen LogP contribution in [-0.2, 0) is 11.8 Å². The maximum Gasteiger partial charge on any atom is 0.236 e. The Morgan fingerprint density at radius 1 is 1.53 bits per heavy atom. The van der Waals surface area contributed by atoms with Crippen LogP contribution in [0.1, 0.15) is 17.0 Å². The Morgan fingerprint density at radius 2 is 2.29 bits per heavy atom. The van der Waals surface area contributed by atoms with Gasteiger partial charge in [0.25, 0.3) is 0 Å². The van der Waals surface area contributed by atoms with Crippen molar-refractivity contribution in [1.82, 2.24) is 15.1 Å². The number of hydrogen-bond donors (Lipinski definition) is 1. The van der Waals surface area contributed by atoms with Gasteiger partial charge in [-0.05, 0) is 13.8 Å². The second-order valence-electron chi connectivity index (χ2n) is 3.69. The van der Waals surface area contributed by atoms with Crippen LogP contribution in [0.2, 0.25) is 0 Å². The Balaban J connectivity index is 2.13. The highest BCUT2D eigenvalue weighted by atomic mass is 32.2. The van der Waals surface area contributed by atoms with E-state index in [0.717, 1.165) is 17.0 Å². The van der Waals surface area contributed by atoms with E-state index in [0.29, 0.717) is 10.9 Å². The molecular weight excluding hydrogens is 238 g/mol. The van der Waals surface area contributed by atoms with Crippen molar-refractivity contribution in [2.45, 2.75) is 13.8 Å². The smallest absolute Gasteiger partial charge is 0.236 e. The molecule has 0 atom stereocenters. The number of carbonyl (C=O) groups excluding carboxylic acids is 1. The fraction of sp³-hybridized carbons (Fsp3) is 0.400. The van der Waals surface area contributed by atoms with Crippen molar-refractivity contribution in [2.24, 2.45) is 17.3 Å². The predicted molar refractivity (Wildman–Crippen MR) is 68.3 cm³/mol. The average molecular weight is 251 g/mol. The first kappa shape index (κ1) is 11.8. The van der Waals surface area contributed by atoms with Crippen molar-refractivity contribution < 1.29 is 4.79 Å². The van der Waals surface area contributed by atoms with Crippen LogP contribution in [0.3, 0.4) is 0 Å².